The Morgan fingerprint density at radius 2 is 1.62 bits per heavy atom. The molecule has 1 rings (SSSR count). The molecule has 1 aliphatic carbocycles. The minimum atomic E-state index is 0.827. The van der Waals surface area contributed by atoms with Crippen molar-refractivity contribution in [3.8, 4) is 0 Å². The van der Waals surface area contributed by atoms with Gasteiger partial charge in [-0.3, -0.25) is 0 Å². The van der Waals surface area contributed by atoms with Gasteiger partial charge in [0.1, 0.15) is 0 Å². The zero-order valence-corrected chi connectivity index (χ0v) is 11.2. The average Bonchev–Trinajstić information content (AvgIpc) is 2.29. The van der Waals surface area contributed by atoms with E-state index in [4.69, 9.17) is 0 Å². The molecule has 0 aromatic rings. The molecule has 0 bridgehead atoms. The van der Waals surface area contributed by atoms with Gasteiger partial charge in [0, 0.05) is 6.04 Å². The Bertz CT molecular complexity index is 220. The molecule has 0 radical (unpaired) electrons. The highest BCUT2D eigenvalue weighted by molar-refractivity contribution is 4.93. The number of nitrogens with zero attached hydrogens (tertiary/aromatic N) is 1. The molecule has 0 N–H and O–H groups in total. The summed E-state index contributed by atoms with van der Waals surface area (Å²) in [5, 5.41) is 0. The highest BCUT2D eigenvalue weighted by atomic mass is 15.1. The van der Waals surface area contributed by atoms with Gasteiger partial charge in [-0.05, 0) is 65.5 Å². The standard InChI is InChI=1S/C15H27N/c1-4-5-6-7-8-9-14-10-12-15(13-11-14)16(2)3/h4-5,8-9,14-15H,6-7,10-13H2,1-3H3/b5-4+,9-8+. The van der Waals surface area contributed by atoms with Gasteiger partial charge in [-0.25, -0.2) is 0 Å². The highest BCUT2D eigenvalue weighted by Gasteiger charge is 2.20. The molecule has 1 saturated carbocycles. The summed E-state index contributed by atoms with van der Waals surface area (Å²) < 4.78 is 0. The van der Waals surface area contributed by atoms with Crippen LogP contribution in [0.25, 0.3) is 0 Å². The Morgan fingerprint density at radius 3 is 2.19 bits per heavy atom. The Balaban J connectivity index is 2.16. The van der Waals surface area contributed by atoms with Crippen molar-refractivity contribution >= 4 is 0 Å². The molecule has 1 nitrogen and oxygen atoms in total. The molecule has 0 unspecified atom stereocenters. The smallest absolute Gasteiger partial charge is 0.00895 e. The van der Waals surface area contributed by atoms with Crippen LogP contribution in [-0.2, 0) is 0 Å². The summed E-state index contributed by atoms with van der Waals surface area (Å²) in [6.45, 7) is 2.09. The van der Waals surface area contributed by atoms with Crippen molar-refractivity contribution in [2.45, 2.75) is 51.5 Å². The van der Waals surface area contributed by atoms with Crippen molar-refractivity contribution in [3.63, 3.8) is 0 Å². The van der Waals surface area contributed by atoms with E-state index in [0.717, 1.165) is 12.0 Å². The summed E-state index contributed by atoms with van der Waals surface area (Å²) in [5.74, 6) is 0.849. The van der Waals surface area contributed by atoms with Crippen LogP contribution < -0.4 is 0 Å². The van der Waals surface area contributed by atoms with Crippen LogP contribution in [0.2, 0.25) is 0 Å². The fourth-order valence-electron chi connectivity index (χ4n) is 2.46. The first-order valence-electron chi connectivity index (χ1n) is 6.68. The van der Waals surface area contributed by atoms with E-state index in [1.807, 2.05) is 0 Å². The zero-order valence-electron chi connectivity index (χ0n) is 11.2. The summed E-state index contributed by atoms with van der Waals surface area (Å²) in [7, 11) is 4.41. The fraction of sp³-hybridized carbons (Fsp3) is 0.733. The van der Waals surface area contributed by atoms with Gasteiger partial charge in [-0.2, -0.15) is 0 Å². The molecule has 0 saturated heterocycles. The normalized spacial score (nSPS) is 27.2. The van der Waals surface area contributed by atoms with Crippen molar-refractivity contribution < 1.29 is 0 Å². The second kappa shape index (κ2) is 7.67. The Morgan fingerprint density at radius 1 is 1.00 bits per heavy atom. The van der Waals surface area contributed by atoms with Crippen LogP contribution in [-0.4, -0.2) is 25.0 Å². The second-order valence-corrected chi connectivity index (χ2v) is 5.11. The van der Waals surface area contributed by atoms with Crippen LogP contribution in [0.4, 0.5) is 0 Å². The van der Waals surface area contributed by atoms with Crippen LogP contribution in [0.3, 0.4) is 0 Å². The number of allylic oxidation sites excluding steroid dienone is 4. The maximum atomic E-state index is 2.45. The Kier molecular flexibility index (Phi) is 6.47. The van der Waals surface area contributed by atoms with Gasteiger partial charge in [-0.1, -0.05) is 24.3 Å². The molecule has 0 heterocycles. The third-order valence-corrected chi connectivity index (χ3v) is 3.62. The van der Waals surface area contributed by atoms with Gasteiger partial charge in [0.05, 0.1) is 0 Å². The van der Waals surface area contributed by atoms with Crippen LogP contribution in [0.15, 0.2) is 24.3 Å². The van der Waals surface area contributed by atoms with Crippen LogP contribution >= 0.6 is 0 Å². The predicted octanol–water partition coefficient (Wildman–Crippen LogP) is 4.02. The molecule has 16 heavy (non-hydrogen) atoms. The third kappa shape index (κ3) is 4.98. The molecular formula is C15H27N. The first kappa shape index (κ1) is 13.5. The predicted molar refractivity (Wildman–Crippen MR) is 72.6 cm³/mol. The van der Waals surface area contributed by atoms with Gasteiger partial charge in [0.15, 0.2) is 0 Å². The van der Waals surface area contributed by atoms with Crippen LogP contribution in [0, 0.1) is 5.92 Å². The van der Waals surface area contributed by atoms with E-state index in [0.29, 0.717) is 0 Å². The molecule has 0 spiro atoms. The van der Waals surface area contributed by atoms with E-state index in [2.05, 4.69) is 50.2 Å². The maximum absolute atomic E-state index is 2.45. The number of hydrogen-bond acceptors (Lipinski definition) is 1. The molecule has 0 aliphatic heterocycles. The van der Waals surface area contributed by atoms with Gasteiger partial charge >= 0.3 is 0 Å². The summed E-state index contributed by atoms with van der Waals surface area (Å²) in [4.78, 5) is 2.38. The number of hydrogen-bond donors (Lipinski definition) is 0. The van der Waals surface area contributed by atoms with Gasteiger partial charge in [0.25, 0.3) is 0 Å². The Hall–Kier alpha value is -0.560. The lowest BCUT2D eigenvalue weighted by molar-refractivity contribution is 0.209. The molecule has 0 atom stereocenters. The lowest BCUT2D eigenvalue weighted by atomic mass is 9.85. The number of rotatable bonds is 5. The second-order valence-electron chi connectivity index (χ2n) is 5.11. The van der Waals surface area contributed by atoms with Gasteiger partial charge in [-0.15, -0.1) is 0 Å². The average molecular weight is 221 g/mol. The van der Waals surface area contributed by atoms with E-state index in [1.54, 1.807) is 0 Å². The van der Waals surface area contributed by atoms with Crippen molar-refractivity contribution in [2.75, 3.05) is 14.1 Å². The molecule has 1 heteroatoms. The SMILES string of the molecule is C/C=C/CC/C=C/C1CCC(N(C)C)CC1. The van der Waals surface area contributed by atoms with Gasteiger partial charge in [0.2, 0.25) is 0 Å². The first-order chi connectivity index (χ1) is 7.74. The van der Waals surface area contributed by atoms with Crippen molar-refractivity contribution in [1.82, 2.24) is 4.90 Å². The molecular weight excluding hydrogens is 194 g/mol. The highest BCUT2D eigenvalue weighted by Crippen LogP contribution is 2.27. The molecule has 1 fully saturated rings. The van der Waals surface area contributed by atoms with Crippen LogP contribution in [0.5, 0.6) is 0 Å². The minimum Gasteiger partial charge on any atom is -0.306 e. The molecule has 1 aliphatic rings. The summed E-state index contributed by atoms with van der Waals surface area (Å²) in [6.07, 6.45) is 17.1. The monoisotopic (exact) mass is 221 g/mol. The van der Waals surface area contributed by atoms with E-state index >= 15 is 0 Å². The van der Waals surface area contributed by atoms with E-state index in [9.17, 15) is 0 Å². The third-order valence-electron chi connectivity index (χ3n) is 3.62. The summed E-state index contributed by atoms with van der Waals surface area (Å²) in [5.41, 5.74) is 0. The van der Waals surface area contributed by atoms with Crippen molar-refractivity contribution in [3.05, 3.63) is 24.3 Å². The van der Waals surface area contributed by atoms with Crippen molar-refractivity contribution in [1.29, 1.82) is 0 Å². The van der Waals surface area contributed by atoms with E-state index in [-0.39, 0.29) is 0 Å². The van der Waals surface area contributed by atoms with Gasteiger partial charge < -0.3 is 4.90 Å². The maximum Gasteiger partial charge on any atom is 0.00895 e. The van der Waals surface area contributed by atoms with E-state index < -0.39 is 0 Å². The molecule has 92 valence electrons. The first-order valence-corrected chi connectivity index (χ1v) is 6.68. The lowest BCUT2D eigenvalue weighted by Crippen LogP contribution is -2.31. The quantitative estimate of drug-likeness (QED) is 0.500. The summed E-state index contributed by atoms with van der Waals surface area (Å²) in [6, 6.07) is 0.827. The van der Waals surface area contributed by atoms with E-state index in [1.165, 1.54) is 38.5 Å². The molecule has 0 aromatic carbocycles. The largest absolute Gasteiger partial charge is 0.306 e. The zero-order chi connectivity index (χ0) is 11.8. The molecule has 0 amide bonds. The topological polar surface area (TPSA) is 3.24 Å². The lowest BCUT2D eigenvalue weighted by Gasteiger charge is -2.31. The van der Waals surface area contributed by atoms with Crippen LogP contribution in [0.1, 0.15) is 45.4 Å². The summed E-state index contributed by atoms with van der Waals surface area (Å²) >= 11 is 0. The number of unbranched alkanes of at least 4 members (excludes halogenated alkanes) is 1. The minimum absolute atomic E-state index is 0.827. The fourth-order valence-corrected chi connectivity index (χ4v) is 2.46. The molecule has 0 aromatic heterocycles. The Labute approximate surface area is 101 Å². The van der Waals surface area contributed by atoms with Crippen molar-refractivity contribution in [2.24, 2.45) is 5.92 Å².